The molecule has 1 aliphatic heterocycles. The van der Waals surface area contributed by atoms with Crippen molar-refractivity contribution in [2.75, 3.05) is 24.8 Å². The largest absolute Gasteiger partial charge is 0.507 e. The first kappa shape index (κ1) is 26.9. The summed E-state index contributed by atoms with van der Waals surface area (Å²) in [7, 11) is 3.30. The zero-order valence-corrected chi connectivity index (χ0v) is 23.5. The maximum Gasteiger partial charge on any atom is 0.194 e. The third-order valence-corrected chi connectivity index (χ3v) is 8.16. The van der Waals surface area contributed by atoms with Gasteiger partial charge in [0, 0.05) is 35.3 Å². The molecule has 0 spiro atoms. The van der Waals surface area contributed by atoms with Crippen LogP contribution in [0.25, 0.3) is 11.3 Å². The van der Waals surface area contributed by atoms with Gasteiger partial charge in [-0.15, -0.1) is 11.3 Å². The van der Waals surface area contributed by atoms with Crippen molar-refractivity contribution in [1.29, 1.82) is 0 Å². The molecule has 206 valence electrons. The van der Waals surface area contributed by atoms with Crippen molar-refractivity contribution < 1.29 is 34.1 Å². The Labute approximate surface area is 234 Å². The summed E-state index contributed by atoms with van der Waals surface area (Å²) in [6, 6.07) is 5.42. The molecule has 1 atom stereocenters. The summed E-state index contributed by atoms with van der Waals surface area (Å²) < 4.78 is 11.3. The second-order valence-corrected chi connectivity index (χ2v) is 10.6. The number of hydrogen-bond donors (Lipinski definition) is 4. The average molecular weight is 562 g/mol. The minimum absolute atomic E-state index is 0.0275. The summed E-state index contributed by atoms with van der Waals surface area (Å²) in [6.45, 7) is 5.80. The molecule has 0 amide bonds. The normalized spacial score (nSPS) is 18.9. The van der Waals surface area contributed by atoms with Gasteiger partial charge in [0.1, 0.15) is 39.7 Å². The number of phenolic OH excluding ortho intramolecular Hbond substituents is 2. The molecule has 0 fully saturated rings. The van der Waals surface area contributed by atoms with E-state index in [0.717, 1.165) is 16.4 Å². The SMILES string of the molecule is CNc1nc(-c2ccc(OC)c(NC(C)=C3C(=O)C=C4Oc5c(C(C)=O)c(O)c(C)c(O)c5[C@@]4(C)C3=O)c2)cs1. The van der Waals surface area contributed by atoms with Crippen LogP contribution in [0.1, 0.15) is 42.3 Å². The number of Topliss-reactive ketones (excluding diaryl/α,β-unsaturated/α-hetero) is 2. The molecule has 10 nitrogen and oxygen atoms in total. The molecule has 1 aromatic heterocycles. The van der Waals surface area contributed by atoms with Crippen LogP contribution in [0, 0.1) is 6.92 Å². The van der Waals surface area contributed by atoms with Gasteiger partial charge >= 0.3 is 0 Å². The van der Waals surface area contributed by atoms with Crippen molar-refractivity contribution in [1.82, 2.24) is 4.98 Å². The summed E-state index contributed by atoms with van der Waals surface area (Å²) in [5.41, 5.74) is 0.458. The zero-order valence-electron chi connectivity index (χ0n) is 22.7. The van der Waals surface area contributed by atoms with Gasteiger partial charge in [-0.2, -0.15) is 0 Å². The van der Waals surface area contributed by atoms with Crippen LogP contribution >= 0.6 is 11.3 Å². The first-order valence-electron chi connectivity index (χ1n) is 12.3. The number of carbonyl (C=O) groups excluding carboxylic acids is 3. The van der Waals surface area contributed by atoms with Crippen LogP contribution in [0.15, 0.2) is 46.7 Å². The Balaban J connectivity index is 1.62. The van der Waals surface area contributed by atoms with E-state index in [1.807, 2.05) is 17.5 Å². The fraction of sp³-hybridized carbons (Fsp3) is 0.241. The Morgan fingerprint density at radius 3 is 2.52 bits per heavy atom. The molecule has 40 heavy (non-hydrogen) atoms. The highest BCUT2D eigenvalue weighted by molar-refractivity contribution is 7.14. The molecule has 0 saturated carbocycles. The van der Waals surface area contributed by atoms with Crippen LogP contribution < -0.4 is 20.1 Å². The number of carbonyl (C=O) groups is 3. The number of benzene rings is 2. The second-order valence-electron chi connectivity index (χ2n) is 9.71. The number of nitrogens with zero attached hydrogens (tertiary/aromatic N) is 1. The predicted octanol–water partition coefficient (Wildman–Crippen LogP) is 4.85. The molecule has 3 aromatic rings. The standard InChI is InChI=1S/C29H27N3O7S/c1-12-24(35)22(14(3)33)26-23(25(12)36)29(4)20(39-26)10-18(34)21(27(29)37)13(2)31-16-9-15(7-8-19(16)38-6)17-11-40-28(30-5)32-17/h7-11,31,35-36H,1-6H3,(H,30,32)/t29-/m0/s1. The summed E-state index contributed by atoms with van der Waals surface area (Å²) in [6.07, 6.45) is 1.18. The van der Waals surface area contributed by atoms with Crippen molar-refractivity contribution in [2.24, 2.45) is 0 Å². The number of aromatic hydroxyl groups is 2. The minimum atomic E-state index is -1.61. The molecule has 0 radical (unpaired) electrons. The molecule has 0 bridgehead atoms. The smallest absolute Gasteiger partial charge is 0.194 e. The molecule has 2 aliphatic rings. The van der Waals surface area contributed by atoms with Gasteiger partial charge < -0.3 is 30.3 Å². The average Bonchev–Trinajstić information content (AvgIpc) is 3.50. The lowest BCUT2D eigenvalue weighted by Gasteiger charge is -2.29. The van der Waals surface area contributed by atoms with E-state index in [1.165, 1.54) is 45.3 Å². The van der Waals surface area contributed by atoms with E-state index in [4.69, 9.17) is 9.47 Å². The summed E-state index contributed by atoms with van der Waals surface area (Å²) in [5, 5.41) is 30.4. The number of methoxy groups -OCH3 is 1. The molecular weight excluding hydrogens is 534 g/mol. The van der Waals surface area contributed by atoms with Crippen LogP contribution in [-0.4, -0.2) is 46.7 Å². The van der Waals surface area contributed by atoms with E-state index in [1.54, 1.807) is 20.0 Å². The van der Waals surface area contributed by atoms with Crippen LogP contribution in [0.5, 0.6) is 23.0 Å². The van der Waals surface area contributed by atoms with E-state index in [0.29, 0.717) is 11.4 Å². The lowest BCUT2D eigenvalue weighted by Crippen LogP contribution is -2.40. The molecule has 0 saturated heterocycles. The van der Waals surface area contributed by atoms with Gasteiger partial charge in [0.05, 0.1) is 29.6 Å². The molecular formula is C29H27N3O7S. The van der Waals surface area contributed by atoms with Gasteiger partial charge in [0.15, 0.2) is 22.5 Å². The van der Waals surface area contributed by atoms with E-state index in [2.05, 4.69) is 15.6 Å². The number of hydrogen-bond acceptors (Lipinski definition) is 11. The van der Waals surface area contributed by atoms with Gasteiger partial charge in [-0.3, -0.25) is 14.4 Å². The highest BCUT2D eigenvalue weighted by Crippen LogP contribution is 2.57. The first-order chi connectivity index (χ1) is 18.9. The minimum Gasteiger partial charge on any atom is -0.507 e. The summed E-state index contributed by atoms with van der Waals surface area (Å²) in [5.74, 6) is -2.23. The number of allylic oxidation sites excluding steroid dienone is 4. The van der Waals surface area contributed by atoms with Crippen molar-refractivity contribution in [2.45, 2.75) is 33.1 Å². The number of fused-ring (bicyclic) bond motifs is 3. The number of nitrogens with one attached hydrogen (secondary N) is 2. The lowest BCUT2D eigenvalue weighted by atomic mass is 9.70. The Bertz CT molecular complexity index is 1700. The third-order valence-electron chi connectivity index (χ3n) is 7.30. The number of anilines is 2. The summed E-state index contributed by atoms with van der Waals surface area (Å²) >= 11 is 1.46. The molecule has 1 aliphatic carbocycles. The number of ketones is 3. The fourth-order valence-corrected chi connectivity index (χ4v) is 5.79. The number of rotatable bonds is 6. The van der Waals surface area contributed by atoms with Crippen LogP contribution in [-0.2, 0) is 15.0 Å². The van der Waals surface area contributed by atoms with Crippen molar-refractivity contribution in [3.05, 3.63) is 63.4 Å². The predicted molar refractivity (Wildman–Crippen MR) is 151 cm³/mol. The van der Waals surface area contributed by atoms with Gasteiger partial charge in [-0.05, 0) is 45.9 Å². The van der Waals surface area contributed by atoms with Gasteiger partial charge in [0.25, 0.3) is 0 Å². The topological polar surface area (TPSA) is 147 Å². The Kier molecular flexibility index (Phi) is 6.42. The molecule has 0 unspecified atom stereocenters. The number of ether oxygens (including phenoxy) is 2. The van der Waals surface area contributed by atoms with Crippen molar-refractivity contribution >= 4 is 39.5 Å². The fourth-order valence-electron chi connectivity index (χ4n) is 5.11. The van der Waals surface area contributed by atoms with Gasteiger partial charge in [-0.1, -0.05) is 0 Å². The van der Waals surface area contributed by atoms with E-state index in [9.17, 15) is 24.6 Å². The zero-order chi connectivity index (χ0) is 29.1. The first-order valence-corrected chi connectivity index (χ1v) is 13.2. The van der Waals surface area contributed by atoms with Crippen LogP contribution in [0.3, 0.4) is 0 Å². The number of thiazole rings is 1. The van der Waals surface area contributed by atoms with Gasteiger partial charge in [0.2, 0.25) is 0 Å². The highest BCUT2D eigenvalue weighted by atomic mass is 32.1. The molecule has 4 N–H and O–H groups in total. The highest BCUT2D eigenvalue weighted by Gasteiger charge is 2.56. The van der Waals surface area contributed by atoms with Crippen molar-refractivity contribution in [3.8, 4) is 34.3 Å². The second kappa shape index (κ2) is 9.53. The quantitative estimate of drug-likeness (QED) is 0.187. The van der Waals surface area contributed by atoms with Crippen molar-refractivity contribution in [3.63, 3.8) is 0 Å². The van der Waals surface area contributed by atoms with E-state index >= 15 is 0 Å². The number of phenols is 2. The van der Waals surface area contributed by atoms with E-state index < -0.39 is 28.5 Å². The maximum atomic E-state index is 14.1. The van der Waals surface area contributed by atoms with Gasteiger partial charge in [-0.25, -0.2) is 4.98 Å². The Morgan fingerprint density at radius 1 is 1.18 bits per heavy atom. The monoisotopic (exact) mass is 561 g/mol. The maximum absolute atomic E-state index is 14.1. The number of aromatic nitrogens is 1. The molecule has 2 heterocycles. The van der Waals surface area contributed by atoms with Crippen LogP contribution in [0.2, 0.25) is 0 Å². The molecule has 5 rings (SSSR count). The lowest BCUT2D eigenvalue weighted by molar-refractivity contribution is -0.123. The Morgan fingerprint density at radius 2 is 1.90 bits per heavy atom. The third kappa shape index (κ3) is 3.84. The summed E-state index contributed by atoms with van der Waals surface area (Å²) in [4.78, 5) is 44.3. The van der Waals surface area contributed by atoms with Crippen LogP contribution in [0.4, 0.5) is 10.8 Å². The molecule has 2 aromatic carbocycles. The Hall–Kier alpha value is -4.64. The molecule has 11 heteroatoms. The van der Waals surface area contributed by atoms with E-state index in [-0.39, 0.29) is 45.2 Å².